The first-order chi connectivity index (χ1) is 16.5. The van der Waals surface area contributed by atoms with Gasteiger partial charge >= 0.3 is 0 Å². The number of fused-ring (bicyclic) bond motifs is 2. The first-order valence-corrected chi connectivity index (χ1v) is 11.4. The van der Waals surface area contributed by atoms with Crippen molar-refractivity contribution in [3.63, 3.8) is 0 Å². The number of hydrogen-bond acceptors (Lipinski definition) is 3. The Morgan fingerprint density at radius 1 is 0.971 bits per heavy atom. The molecular formula is C28H28FN5. The molecule has 0 saturated carbocycles. The van der Waals surface area contributed by atoms with E-state index in [0.29, 0.717) is 5.65 Å². The van der Waals surface area contributed by atoms with Crippen LogP contribution in [0, 0.1) is 5.82 Å². The van der Waals surface area contributed by atoms with Crippen molar-refractivity contribution in [2.75, 3.05) is 0 Å². The summed E-state index contributed by atoms with van der Waals surface area (Å²) in [4.78, 5) is 12.4. The van der Waals surface area contributed by atoms with Crippen molar-refractivity contribution in [2.24, 2.45) is 4.99 Å². The molecule has 0 unspecified atom stereocenters. The zero-order chi connectivity index (χ0) is 24.2. The number of rotatable bonds is 4. The molecule has 0 spiro atoms. The van der Waals surface area contributed by atoms with Crippen molar-refractivity contribution in [1.29, 1.82) is 0 Å². The lowest BCUT2D eigenvalue weighted by atomic mass is 10.0. The molecule has 3 heterocycles. The van der Waals surface area contributed by atoms with E-state index in [1.54, 1.807) is 12.1 Å². The maximum Gasteiger partial charge on any atom is 0.181 e. The molecule has 6 heteroatoms. The van der Waals surface area contributed by atoms with Crippen molar-refractivity contribution in [2.45, 2.75) is 34.6 Å². The Bertz CT molecular complexity index is 1520. The molecule has 172 valence electrons. The highest BCUT2D eigenvalue weighted by atomic mass is 19.1. The third kappa shape index (κ3) is 4.53. The molecule has 0 amide bonds. The van der Waals surface area contributed by atoms with Crippen molar-refractivity contribution < 1.29 is 4.39 Å². The molecule has 34 heavy (non-hydrogen) atoms. The molecule has 5 rings (SSSR count). The number of aliphatic imine (C=N–C) groups is 1. The summed E-state index contributed by atoms with van der Waals surface area (Å²) >= 11 is 0. The number of hydrogen-bond donors (Lipinski definition) is 2. The molecule has 5 aromatic rings. The van der Waals surface area contributed by atoms with Gasteiger partial charge in [0, 0.05) is 34.4 Å². The Hall–Kier alpha value is -4.06. The van der Waals surface area contributed by atoms with Crippen LogP contribution in [0.5, 0.6) is 0 Å². The lowest BCUT2D eigenvalue weighted by Gasteiger charge is -2.03. The fourth-order valence-corrected chi connectivity index (χ4v) is 3.82. The zero-order valence-corrected chi connectivity index (χ0v) is 20.1. The number of benzene rings is 2. The molecule has 0 aliphatic carbocycles. The summed E-state index contributed by atoms with van der Waals surface area (Å²) in [5, 5.41) is 9.44. The average molecular weight is 454 g/mol. The number of nitrogens with one attached hydrogen (secondary N) is 2. The first-order valence-electron chi connectivity index (χ1n) is 11.4. The molecular weight excluding hydrogens is 425 g/mol. The van der Waals surface area contributed by atoms with E-state index in [1.165, 1.54) is 6.07 Å². The van der Waals surface area contributed by atoms with E-state index in [1.807, 2.05) is 71.3 Å². The Balaban J connectivity index is 0.00000133. The van der Waals surface area contributed by atoms with E-state index in [-0.39, 0.29) is 5.82 Å². The Labute approximate surface area is 198 Å². The van der Waals surface area contributed by atoms with Gasteiger partial charge in [-0.3, -0.25) is 10.1 Å². The number of pyridine rings is 1. The first kappa shape index (κ1) is 23.1. The van der Waals surface area contributed by atoms with Gasteiger partial charge < -0.3 is 4.98 Å². The van der Waals surface area contributed by atoms with E-state index in [9.17, 15) is 4.39 Å². The lowest BCUT2D eigenvalue weighted by molar-refractivity contribution is 0.628. The largest absolute Gasteiger partial charge is 0.353 e. The predicted octanol–water partition coefficient (Wildman–Crippen LogP) is 7.78. The highest BCUT2D eigenvalue weighted by Gasteiger charge is 2.14. The quantitative estimate of drug-likeness (QED) is 0.273. The fourth-order valence-electron chi connectivity index (χ4n) is 3.82. The second-order valence-electron chi connectivity index (χ2n) is 8.04. The predicted molar refractivity (Wildman–Crippen MR) is 140 cm³/mol. The van der Waals surface area contributed by atoms with E-state index >= 15 is 0 Å². The Morgan fingerprint density at radius 2 is 1.76 bits per heavy atom. The van der Waals surface area contributed by atoms with Gasteiger partial charge in [-0.1, -0.05) is 38.1 Å². The molecule has 0 fully saturated rings. The van der Waals surface area contributed by atoms with Gasteiger partial charge in [0.2, 0.25) is 0 Å². The number of allylic oxidation sites excluding steroid dienone is 1. The minimum atomic E-state index is -0.251. The van der Waals surface area contributed by atoms with Crippen molar-refractivity contribution in [3.8, 4) is 22.5 Å². The standard InChI is InChI=1S/C26H22FN5.C2H6/c1-15(2)28-13-16(3)18-11-22-25(31-32-26(22)29-14-18)24-12-21-20(8-5-9-23(21)30-24)17-6-4-7-19(27)10-17;1-2/h4-14,30H,1-3H3,(H,29,31,32);1-2H3/b16-13+;. The van der Waals surface area contributed by atoms with Gasteiger partial charge in [-0.2, -0.15) is 5.10 Å². The van der Waals surface area contributed by atoms with Gasteiger partial charge in [0.15, 0.2) is 5.65 Å². The van der Waals surface area contributed by atoms with Gasteiger partial charge in [-0.15, -0.1) is 0 Å². The molecule has 0 atom stereocenters. The molecule has 0 bridgehead atoms. The van der Waals surface area contributed by atoms with Crippen LogP contribution in [0.4, 0.5) is 4.39 Å². The topological polar surface area (TPSA) is 69.7 Å². The van der Waals surface area contributed by atoms with Gasteiger partial charge in [-0.25, -0.2) is 9.37 Å². The van der Waals surface area contributed by atoms with Crippen LogP contribution in [0.2, 0.25) is 0 Å². The van der Waals surface area contributed by atoms with Crippen molar-refractivity contribution >= 4 is 33.2 Å². The SMILES string of the molecule is CC.CC(C)=N/C=C(\C)c1cnc2n[nH]c(-c3cc4c(-c5cccc(F)c5)cccc4[nH]3)c2c1. The zero-order valence-electron chi connectivity index (χ0n) is 20.1. The molecule has 0 saturated heterocycles. The van der Waals surface area contributed by atoms with Gasteiger partial charge in [0.05, 0.1) is 11.4 Å². The van der Waals surface area contributed by atoms with Crippen molar-refractivity contribution in [1.82, 2.24) is 20.2 Å². The molecule has 0 aliphatic heterocycles. The summed E-state index contributed by atoms with van der Waals surface area (Å²) in [5.41, 5.74) is 8.20. The number of H-pyrrole nitrogens is 2. The van der Waals surface area contributed by atoms with E-state index in [0.717, 1.165) is 55.7 Å². The van der Waals surface area contributed by atoms with Crippen LogP contribution < -0.4 is 0 Å². The van der Waals surface area contributed by atoms with Gasteiger partial charge in [0.25, 0.3) is 0 Å². The fraction of sp³-hybridized carbons (Fsp3) is 0.179. The molecule has 2 aromatic carbocycles. The van der Waals surface area contributed by atoms with Crippen LogP contribution in [0.15, 0.2) is 72.0 Å². The summed E-state index contributed by atoms with van der Waals surface area (Å²) in [6.45, 7) is 9.95. The molecule has 0 aliphatic rings. The van der Waals surface area contributed by atoms with E-state index < -0.39 is 0 Å². The van der Waals surface area contributed by atoms with Crippen LogP contribution in [0.1, 0.15) is 40.2 Å². The maximum atomic E-state index is 13.8. The normalized spacial score (nSPS) is 11.4. The second kappa shape index (κ2) is 9.83. The van der Waals surface area contributed by atoms with Gasteiger partial charge in [-0.05, 0) is 73.4 Å². The number of halogens is 1. The van der Waals surface area contributed by atoms with Crippen LogP contribution in [-0.2, 0) is 0 Å². The molecule has 5 nitrogen and oxygen atoms in total. The molecule has 3 aromatic heterocycles. The number of nitrogens with zero attached hydrogens (tertiary/aromatic N) is 3. The third-order valence-corrected chi connectivity index (χ3v) is 5.45. The summed E-state index contributed by atoms with van der Waals surface area (Å²) in [7, 11) is 0. The van der Waals surface area contributed by atoms with Crippen LogP contribution in [-0.4, -0.2) is 25.9 Å². The Morgan fingerprint density at radius 3 is 2.53 bits per heavy atom. The third-order valence-electron chi connectivity index (χ3n) is 5.45. The number of aromatic amines is 2. The minimum Gasteiger partial charge on any atom is -0.353 e. The molecule has 2 N–H and O–H groups in total. The Kier molecular flexibility index (Phi) is 6.68. The summed E-state index contributed by atoms with van der Waals surface area (Å²) in [6.07, 6.45) is 3.67. The average Bonchev–Trinajstić information content (AvgIpc) is 3.47. The highest BCUT2D eigenvalue weighted by Crippen LogP contribution is 2.34. The highest BCUT2D eigenvalue weighted by molar-refractivity contribution is 6.01. The van der Waals surface area contributed by atoms with Crippen LogP contribution in [0.3, 0.4) is 0 Å². The monoisotopic (exact) mass is 453 g/mol. The maximum absolute atomic E-state index is 13.8. The summed E-state index contributed by atoms with van der Waals surface area (Å²) < 4.78 is 13.8. The second-order valence-corrected chi connectivity index (χ2v) is 8.04. The van der Waals surface area contributed by atoms with Crippen molar-refractivity contribution in [3.05, 3.63) is 78.4 Å². The summed E-state index contributed by atoms with van der Waals surface area (Å²) in [5.74, 6) is -0.251. The van der Waals surface area contributed by atoms with Crippen LogP contribution >= 0.6 is 0 Å². The van der Waals surface area contributed by atoms with Gasteiger partial charge in [0.1, 0.15) is 5.82 Å². The summed E-state index contributed by atoms with van der Waals surface area (Å²) in [6, 6.07) is 16.8. The number of aromatic nitrogens is 4. The van der Waals surface area contributed by atoms with E-state index in [2.05, 4.69) is 37.3 Å². The van der Waals surface area contributed by atoms with Crippen LogP contribution in [0.25, 0.3) is 50.0 Å². The molecule has 0 radical (unpaired) electrons. The minimum absolute atomic E-state index is 0.251. The lowest BCUT2D eigenvalue weighted by Crippen LogP contribution is -1.85. The smallest absolute Gasteiger partial charge is 0.181 e. The van der Waals surface area contributed by atoms with E-state index in [4.69, 9.17) is 0 Å².